The van der Waals surface area contributed by atoms with Crippen molar-refractivity contribution in [1.82, 2.24) is 0 Å². The summed E-state index contributed by atoms with van der Waals surface area (Å²) in [5, 5.41) is 10.7. The molecule has 0 spiro atoms. The van der Waals surface area contributed by atoms with Crippen LogP contribution in [-0.4, -0.2) is 5.11 Å². The molecule has 0 fully saturated rings. The Morgan fingerprint density at radius 3 is 2.50 bits per heavy atom. The lowest BCUT2D eigenvalue weighted by atomic mass is 9.86. The highest BCUT2D eigenvalue weighted by atomic mass is 16.5. The van der Waals surface area contributed by atoms with Gasteiger partial charge in [0.1, 0.15) is 0 Å². The molecule has 2 heteroatoms. The van der Waals surface area contributed by atoms with Crippen LogP contribution in [0.2, 0.25) is 0 Å². The van der Waals surface area contributed by atoms with Crippen LogP contribution < -0.4 is 0 Å². The lowest BCUT2D eigenvalue weighted by Crippen LogP contribution is -2.10. The highest BCUT2D eigenvalue weighted by Gasteiger charge is 2.22. The van der Waals surface area contributed by atoms with Crippen molar-refractivity contribution >= 4 is 0 Å². The van der Waals surface area contributed by atoms with Crippen molar-refractivity contribution < 1.29 is 9.84 Å². The van der Waals surface area contributed by atoms with Gasteiger partial charge in [0.05, 0.1) is 19.3 Å². The van der Waals surface area contributed by atoms with Crippen LogP contribution in [0.5, 0.6) is 0 Å². The van der Waals surface area contributed by atoms with Gasteiger partial charge in [-0.3, -0.25) is 0 Å². The van der Waals surface area contributed by atoms with Crippen LogP contribution in [0.25, 0.3) is 0 Å². The van der Waals surface area contributed by atoms with Gasteiger partial charge < -0.3 is 9.84 Å². The molecule has 1 heterocycles. The van der Waals surface area contributed by atoms with E-state index in [4.69, 9.17) is 4.74 Å². The average molecular weight is 268 g/mol. The highest BCUT2D eigenvalue weighted by molar-refractivity contribution is 5.36. The molecule has 0 amide bonds. The number of rotatable bonds is 4. The summed E-state index contributed by atoms with van der Waals surface area (Å²) in [5.74, 6) is 0.136. The van der Waals surface area contributed by atoms with E-state index in [2.05, 4.69) is 31.2 Å². The molecule has 0 aliphatic carbocycles. The molecule has 0 bridgehead atoms. The van der Waals surface area contributed by atoms with E-state index in [0.29, 0.717) is 13.2 Å². The van der Waals surface area contributed by atoms with Crippen molar-refractivity contribution in [3.63, 3.8) is 0 Å². The second kappa shape index (κ2) is 5.78. The van der Waals surface area contributed by atoms with E-state index in [0.717, 1.165) is 12.0 Å². The molecule has 0 saturated heterocycles. The van der Waals surface area contributed by atoms with E-state index in [1.807, 2.05) is 24.3 Å². The maximum atomic E-state index is 10.7. The van der Waals surface area contributed by atoms with Crippen LogP contribution in [0, 0.1) is 0 Å². The molecular formula is C18H20O2. The Balaban J connectivity index is 1.89. The third-order valence-electron chi connectivity index (χ3n) is 4.14. The maximum absolute atomic E-state index is 10.7. The molecule has 1 aliphatic rings. The van der Waals surface area contributed by atoms with Crippen LogP contribution >= 0.6 is 0 Å². The Kier molecular flexibility index (Phi) is 3.86. The van der Waals surface area contributed by atoms with Crippen molar-refractivity contribution in [3.05, 3.63) is 70.8 Å². The molecule has 3 rings (SSSR count). The van der Waals surface area contributed by atoms with Crippen LogP contribution in [0.4, 0.5) is 0 Å². The fourth-order valence-corrected chi connectivity index (χ4v) is 2.95. The predicted molar refractivity (Wildman–Crippen MR) is 79.4 cm³/mol. The molecule has 2 unspecified atom stereocenters. The van der Waals surface area contributed by atoms with Gasteiger partial charge >= 0.3 is 0 Å². The zero-order valence-corrected chi connectivity index (χ0v) is 11.8. The quantitative estimate of drug-likeness (QED) is 0.910. The molecule has 0 aromatic heterocycles. The number of benzene rings is 2. The predicted octanol–water partition coefficient (Wildman–Crippen LogP) is 3.94. The maximum Gasteiger partial charge on any atom is 0.0858 e. The number of fused-ring (bicyclic) bond motifs is 1. The largest absolute Gasteiger partial charge is 0.388 e. The highest BCUT2D eigenvalue weighted by Crippen LogP contribution is 2.35. The third-order valence-corrected chi connectivity index (χ3v) is 4.14. The Labute approximate surface area is 120 Å². The van der Waals surface area contributed by atoms with Gasteiger partial charge in [-0.15, -0.1) is 0 Å². The Bertz CT molecular complexity index is 577. The lowest BCUT2D eigenvalue weighted by molar-refractivity contribution is 0.134. The van der Waals surface area contributed by atoms with Crippen LogP contribution in [-0.2, 0) is 18.0 Å². The van der Waals surface area contributed by atoms with Crippen molar-refractivity contribution in [2.75, 3.05) is 0 Å². The minimum Gasteiger partial charge on any atom is -0.388 e. The lowest BCUT2D eigenvalue weighted by Gasteiger charge is -2.23. The number of aliphatic hydroxyl groups excluding tert-OH is 1. The summed E-state index contributed by atoms with van der Waals surface area (Å²) in [4.78, 5) is 0. The van der Waals surface area contributed by atoms with E-state index in [1.54, 1.807) is 0 Å². The van der Waals surface area contributed by atoms with Gasteiger partial charge in [0.2, 0.25) is 0 Å². The smallest absolute Gasteiger partial charge is 0.0858 e. The van der Waals surface area contributed by atoms with Gasteiger partial charge in [-0.05, 0) is 28.7 Å². The minimum absolute atomic E-state index is 0.136. The monoisotopic (exact) mass is 268 g/mol. The van der Waals surface area contributed by atoms with Crippen molar-refractivity contribution in [3.8, 4) is 0 Å². The molecule has 104 valence electrons. The molecule has 0 saturated carbocycles. The second-order valence-electron chi connectivity index (χ2n) is 5.39. The number of hydrogen-bond donors (Lipinski definition) is 1. The molecule has 0 radical (unpaired) electrons. The van der Waals surface area contributed by atoms with E-state index in [9.17, 15) is 5.11 Å². The summed E-state index contributed by atoms with van der Waals surface area (Å²) in [7, 11) is 0. The van der Waals surface area contributed by atoms with Crippen molar-refractivity contribution in [2.45, 2.75) is 38.6 Å². The number of aliphatic hydroxyl groups is 1. The van der Waals surface area contributed by atoms with E-state index in [1.165, 1.54) is 16.7 Å². The summed E-state index contributed by atoms with van der Waals surface area (Å²) in [6.07, 6.45) is 0.451. The molecular weight excluding hydrogens is 248 g/mol. The van der Waals surface area contributed by atoms with Gasteiger partial charge in [0.15, 0.2) is 0 Å². The summed E-state index contributed by atoms with van der Waals surface area (Å²) >= 11 is 0. The molecule has 20 heavy (non-hydrogen) atoms. The van der Waals surface area contributed by atoms with E-state index < -0.39 is 6.10 Å². The van der Waals surface area contributed by atoms with Crippen LogP contribution in [0.3, 0.4) is 0 Å². The number of ether oxygens (including phenoxy) is 1. The summed E-state index contributed by atoms with van der Waals surface area (Å²) < 4.78 is 5.44. The standard InChI is InChI=1S/C18H20O2/c1-2-17(13-6-4-3-5-7-13)18(19)14-8-9-15-11-20-12-16(15)10-14/h3-10,17-19H,2,11-12H2,1H3. The molecule has 1 N–H and O–H groups in total. The van der Waals surface area contributed by atoms with Gasteiger partial charge in [0, 0.05) is 5.92 Å². The molecule has 2 aromatic carbocycles. The van der Waals surface area contributed by atoms with Crippen LogP contribution in [0.1, 0.15) is 47.6 Å². The molecule has 1 aliphatic heterocycles. The third kappa shape index (κ3) is 2.49. The first-order valence-corrected chi connectivity index (χ1v) is 7.22. The summed E-state index contributed by atoms with van der Waals surface area (Å²) in [6.45, 7) is 3.48. The normalized spacial score (nSPS) is 16.7. The van der Waals surface area contributed by atoms with Gasteiger partial charge in [-0.25, -0.2) is 0 Å². The first-order chi connectivity index (χ1) is 9.79. The van der Waals surface area contributed by atoms with Crippen molar-refractivity contribution in [2.24, 2.45) is 0 Å². The average Bonchev–Trinajstić information content (AvgIpc) is 2.96. The summed E-state index contributed by atoms with van der Waals surface area (Å²) in [5.41, 5.74) is 4.64. The first kappa shape index (κ1) is 13.3. The van der Waals surface area contributed by atoms with E-state index in [-0.39, 0.29) is 5.92 Å². The minimum atomic E-state index is -0.465. The molecule has 2 nitrogen and oxygen atoms in total. The zero-order valence-electron chi connectivity index (χ0n) is 11.8. The fraction of sp³-hybridized carbons (Fsp3) is 0.333. The Hall–Kier alpha value is -1.64. The number of hydrogen-bond acceptors (Lipinski definition) is 2. The second-order valence-corrected chi connectivity index (χ2v) is 5.39. The van der Waals surface area contributed by atoms with Gasteiger partial charge in [-0.2, -0.15) is 0 Å². The Morgan fingerprint density at radius 1 is 1.00 bits per heavy atom. The zero-order chi connectivity index (χ0) is 13.9. The van der Waals surface area contributed by atoms with E-state index >= 15 is 0 Å². The first-order valence-electron chi connectivity index (χ1n) is 7.22. The van der Waals surface area contributed by atoms with Gasteiger partial charge in [0.25, 0.3) is 0 Å². The summed E-state index contributed by atoms with van der Waals surface area (Å²) in [6, 6.07) is 16.5. The van der Waals surface area contributed by atoms with Crippen molar-refractivity contribution in [1.29, 1.82) is 0 Å². The molecule has 2 aromatic rings. The SMILES string of the molecule is CCC(c1ccccc1)C(O)c1ccc2c(c1)COC2. The molecule has 2 atom stereocenters. The topological polar surface area (TPSA) is 29.5 Å². The Morgan fingerprint density at radius 2 is 1.75 bits per heavy atom. The fourth-order valence-electron chi connectivity index (χ4n) is 2.95. The van der Waals surface area contributed by atoms with Crippen LogP contribution in [0.15, 0.2) is 48.5 Å². The van der Waals surface area contributed by atoms with Gasteiger partial charge in [-0.1, -0.05) is 55.5 Å².